The van der Waals surface area contributed by atoms with E-state index in [-0.39, 0.29) is 12.0 Å². The minimum atomic E-state index is -0.492. The van der Waals surface area contributed by atoms with Gasteiger partial charge in [-0.25, -0.2) is 4.79 Å². The largest absolute Gasteiger partial charge is 0.496 e. The fraction of sp³-hybridized carbons (Fsp3) is 0.250. The molecule has 0 spiro atoms. The number of rotatable bonds is 4. The molecule has 1 rings (SSSR count). The van der Waals surface area contributed by atoms with Gasteiger partial charge in [-0.2, -0.15) is 0 Å². The first-order valence-electron chi connectivity index (χ1n) is 4.77. The van der Waals surface area contributed by atoms with Gasteiger partial charge < -0.3 is 9.47 Å². The van der Waals surface area contributed by atoms with Crippen LogP contribution in [0, 0.1) is 0 Å². The van der Waals surface area contributed by atoms with Crippen LogP contribution in [-0.2, 0) is 14.3 Å². The molecule has 0 unspecified atom stereocenters. The first-order valence-corrected chi connectivity index (χ1v) is 5.56. The van der Waals surface area contributed by atoms with E-state index in [1.165, 1.54) is 14.2 Å². The van der Waals surface area contributed by atoms with Crippen LogP contribution in [0.3, 0.4) is 0 Å². The molecular weight excluding hydrogens is 288 g/mol. The zero-order valence-electron chi connectivity index (χ0n) is 9.45. The summed E-state index contributed by atoms with van der Waals surface area (Å²) in [5, 5.41) is 0. The van der Waals surface area contributed by atoms with Crippen molar-refractivity contribution in [3.8, 4) is 5.75 Å². The second-order valence-electron chi connectivity index (χ2n) is 3.18. The first-order chi connectivity index (χ1) is 8.12. The molecule has 1 aromatic carbocycles. The molecule has 5 heteroatoms. The Labute approximate surface area is 107 Å². The lowest BCUT2D eigenvalue weighted by molar-refractivity contribution is -0.139. The molecule has 0 heterocycles. The van der Waals surface area contributed by atoms with Gasteiger partial charge in [0.25, 0.3) is 0 Å². The molecule has 0 aromatic heterocycles. The highest BCUT2D eigenvalue weighted by atomic mass is 79.9. The van der Waals surface area contributed by atoms with E-state index in [2.05, 4.69) is 20.7 Å². The van der Waals surface area contributed by atoms with E-state index in [1.807, 2.05) is 0 Å². The van der Waals surface area contributed by atoms with Crippen molar-refractivity contribution in [2.75, 3.05) is 14.2 Å². The summed E-state index contributed by atoms with van der Waals surface area (Å²) >= 11 is 3.29. The SMILES string of the molecule is COC(=O)CC(=C=O)c1ccc(Br)cc1OC. The van der Waals surface area contributed by atoms with Crippen molar-refractivity contribution < 1.29 is 19.1 Å². The second-order valence-corrected chi connectivity index (χ2v) is 4.09. The lowest BCUT2D eigenvalue weighted by Crippen LogP contribution is -2.03. The van der Waals surface area contributed by atoms with E-state index in [0.717, 1.165) is 4.47 Å². The molecular formula is C12H11BrO4. The van der Waals surface area contributed by atoms with Gasteiger partial charge in [0.15, 0.2) is 0 Å². The van der Waals surface area contributed by atoms with Crippen LogP contribution in [0.25, 0.3) is 5.57 Å². The fourth-order valence-electron chi connectivity index (χ4n) is 1.32. The minimum absolute atomic E-state index is 0.127. The molecule has 0 saturated carbocycles. The average Bonchev–Trinajstić information content (AvgIpc) is 2.35. The summed E-state index contributed by atoms with van der Waals surface area (Å²) in [6.07, 6.45) is -0.127. The Bertz CT molecular complexity index is 475. The Morgan fingerprint density at radius 3 is 2.65 bits per heavy atom. The lowest BCUT2D eigenvalue weighted by atomic mass is 10.0. The van der Waals surface area contributed by atoms with E-state index in [9.17, 15) is 9.59 Å². The quantitative estimate of drug-likeness (QED) is 0.632. The van der Waals surface area contributed by atoms with E-state index in [1.54, 1.807) is 24.1 Å². The van der Waals surface area contributed by atoms with Gasteiger partial charge in [-0.05, 0) is 18.2 Å². The van der Waals surface area contributed by atoms with Crippen molar-refractivity contribution in [2.24, 2.45) is 0 Å². The normalized spacial score (nSPS) is 9.35. The maximum atomic E-state index is 11.1. The number of hydrogen-bond acceptors (Lipinski definition) is 4. The molecule has 0 bridgehead atoms. The van der Waals surface area contributed by atoms with Crippen LogP contribution in [0.4, 0.5) is 0 Å². The van der Waals surface area contributed by atoms with E-state index < -0.39 is 5.97 Å². The maximum Gasteiger partial charge on any atom is 0.310 e. The van der Waals surface area contributed by atoms with Gasteiger partial charge in [-0.15, -0.1) is 0 Å². The fourth-order valence-corrected chi connectivity index (χ4v) is 1.66. The number of hydrogen-bond donors (Lipinski definition) is 0. The Morgan fingerprint density at radius 2 is 2.12 bits per heavy atom. The Morgan fingerprint density at radius 1 is 1.41 bits per heavy atom. The van der Waals surface area contributed by atoms with E-state index >= 15 is 0 Å². The van der Waals surface area contributed by atoms with Gasteiger partial charge in [-0.3, -0.25) is 4.79 Å². The van der Waals surface area contributed by atoms with Crippen LogP contribution in [0.5, 0.6) is 5.75 Å². The number of halogens is 1. The summed E-state index contributed by atoms with van der Waals surface area (Å²) in [6, 6.07) is 5.16. The van der Waals surface area contributed by atoms with Crippen molar-refractivity contribution in [3.05, 3.63) is 28.2 Å². The summed E-state index contributed by atoms with van der Waals surface area (Å²) in [7, 11) is 2.76. The Hall–Kier alpha value is -1.58. The Balaban J connectivity index is 3.13. The van der Waals surface area contributed by atoms with Crippen molar-refractivity contribution in [1.82, 2.24) is 0 Å². The average molecular weight is 299 g/mol. The number of carbonyl (C=O) groups is 1. The van der Waals surface area contributed by atoms with Gasteiger partial charge in [-0.1, -0.05) is 15.9 Å². The van der Waals surface area contributed by atoms with Crippen LogP contribution >= 0.6 is 15.9 Å². The molecule has 0 aliphatic carbocycles. The summed E-state index contributed by atoms with van der Waals surface area (Å²) < 4.78 is 10.5. The summed E-state index contributed by atoms with van der Waals surface area (Å²) in [4.78, 5) is 22.0. The van der Waals surface area contributed by atoms with Crippen LogP contribution < -0.4 is 4.74 Å². The van der Waals surface area contributed by atoms with Crippen LogP contribution in [0.15, 0.2) is 22.7 Å². The molecule has 0 amide bonds. The van der Waals surface area contributed by atoms with Crippen molar-refractivity contribution in [1.29, 1.82) is 0 Å². The van der Waals surface area contributed by atoms with Crippen molar-refractivity contribution in [3.63, 3.8) is 0 Å². The highest BCUT2D eigenvalue weighted by molar-refractivity contribution is 9.10. The topological polar surface area (TPSA) is 52.6 Å². The molecule has 0 N–H and O–H groups in total. The van der Waals surface area contributed by atoms with Crippen LogP contribution in [-0.4, -0.2) is 26.1 Å². The number of ether oxygens (including phenoxy) is 2. The van der Waals surface area contributed by atoms with Gasteiger partial charge in [0.1, 0.15) is 11.7 Å². The standard InChI is InChI=1S/C12H11BrO4/c1-16-11-6-9(13)3-4-10(11)8(7-14)5-12(15)17-2/h3-4,6H,5H2,1-2H3. The van der Waals surface area contributed by atoms with Gasteiger partial charge >= 0.3 is 5.97 Å². The second kappa shape index (κ2) is 6.23. The molecule has 0 atom stereocenters. The predicted molar refractivity (Wildman–Crippen MR) is 66.4 cm³/mol. The van der Waals surface area contributed by atoms with Gasteiger partial charge in [0.05, 0.1) is 26.2 Å². The van der Waals surface area contributed by atoms with Gasteiger partial charge in [0.2, 0.25) is 0 Å². The number of methoxy groups -OCH3 is 2. The highest BCUT2D eigenvalue weighted by Gasteiger charge is 2.14. The van der Waals surface area contributed by atoms with Crippen molar-refractivity contribution >= 4 is 33.4 Å². The maximum absolute atomic E-state index is 11.1. The summed E-state index contributed by atoms with van der Waals surface area (Å²) in [6.45, 7) is 0. The zero-order chi connectivity index (χ0) is 12.8. The molecule has 4 nitrogen and oxygen atoms in total. The van der Waals surface area contributed by atoms with E-state index in [0.29, 0.717) is 11.3 Å². The molecule has 0 aliphatic heterocycles. The van der Waals surface area contributed by atoms with E-state index in [4.69, 9.17) is 4.74 Å². The molecule has 0 saturated heterocycles. The Kier molecular flexibility index (Phi) is 4.94. The van der Waals surface area contributed by atoms with Crippen molar-refractivity contribution in [2.45, 2.75) is 6.42 Å². The molecule has 17 heavy (non-hydrogen) atoms. The minimum Gasteiger partial charge on any atom is -0.496 e. The molecule has 0 aliphatic rings. The summed E-state index contributed by atoms with van der Waals surface area (Å²) in [5.41, 5.74) is 0.748. The molecule has 90 valence electrons. The monoisotopic (exact) mass is 298 g/mol. The van der Waals surface area contributed by atoms with Gasteiger partial charge in [0, 0.05) is 10.0 Å². The lowest BCUT2D eigenvalue weighted by Gasteiger charge is -2.09. The highest BCUT2D eigenvalue weighted by Crippen LogP contribution is 2.29. The van der Waals surface area contributed by atoms with Crippen LogP contribution in [0.1, 0.15) is 12.0 Å². The molecule has 1 aromatic rings. The third kappa shape index (κ3) is 3.44. The smallest absolute Gasteiger partial charge is 0.310 e. The third-order valence-corrected chi connectivity index (χ3v) is 2.65. The molecule has 0 radical (unpaired) electrons. The number of carbonyl (C=O) groups excluding carboxylic acids is 2. The molecule has 0 fully saturated rings. The number of esters is 1. The predicted octanol–water partition coefficient (Wildman–Crippen LogP) is 2.24. The third-order valence-electron chi connectivity index (χ3n) is 2.16. The number of benzene rings is 1. The first kappa shape index (κ1) is 13.5. The summed E-state index contributed by atoms with van der Waals surface area (Å²) in [5.74, 6) is 1.76. The van der Waals surface area contributed by atoms with Crippen LogP contribution in [0.2, 0.25) is 0 Å². The zero-order valence-corrected chi connectivity index (χ0v) is 11.0.